The Morgan fingerprint density at radius 2 is 2.22 bits per heavy atom. The van der Waals surface area contributed by atoms with Gasteiger partial charge in [0, 0.05) is 13.6 Å². The van der Waals surface area contributed by atoms with Crippen molar-refractivity contribution in [1.29, 1.82) is 0 Å². The lowest BCUT2D eigenvalue weighted by atomic mass is 10.3. The number of hydrogen-bond donors (Lipinski definition) is 5. The largest absolute Gasteiger partial charge is 0.363 e. The average molecular weight is 468 g/mol. The van der Waals surface area contributed by atoms with Crippen LogP contribution < -0.4 is 20.4 Å². The van der Waals surface area contributed by atoms with Crippen molar-refractivity contribution in [3.63, 3.8) is 0 Å². The Labute approximate surface area is 161 Å². The average Bonchev–Trinajstić information content (AvgIpc) is 3.10. The Kier molecular flexibility index (Phi) is 7.57. The third-order valence-corrected chi connectivity index (χ3v) is 4.38. The molecule has 0 saturated heterocycles. The van der Waals surface area contributed by atoms with Crippen LogP contribution in [0, 0.1) is 5.82 Å². The third-order valence-electron chi connectivity index (χ3n) is 2.90. The summed E-state index contributed by atoms with van der Waals surface area (Å²) in [6.07, 6.45) is 0. The highest BCUT2D eigenvalue weighted by molar-refractivity contribution is 9.10. The van der Waals surface area contributed by atoms with Crippen LogP contribution in [0.25, 0.3) is 0 Å². The second-order valence-electron chi connectivity index (χ2n) is 4.70. The normalized spacial score (nSPS) is 12.2. The van der Waals surface area contributed by atoms with Crippen LogP contribution >= 0.6 is 15.9 Å². The maximum absolute atomic E-state index is 13.3. The van der Waals surface area contributed by atoms with Crippen LogP contribution in [0.5, 0.6) is 0 Å². The van der Waals surface area contributed by atoms with E-state index < -0.39 is 16.0 Å². The van der Waals surface area contributed by atoms with E-state index in [1.54, 1.807) is 0 Å². The molecule has 0 aliphatic carbocycles. The number of aliphatic imine (C=N–C) groups is 1. The molecule has 15 heteroatoms. The lowest BCUT2D eigenvalue weighted by molar-refractivity contribution is 0.101. The van der Waals surface area contributed by atoms with E-state index in [1.165, 1.54) is 25.2 Å². The van der Waals surface area contributed by atoms with Gasteiger partial charge in [0.2, 0.25) is 5.82 Å². The molecule has 1 aromatic carbocycles. The Bertz CT molecular complexity index is 907. The van der Waals surface area contributed by atoms with E-state index in [2.05, 4.69) is 41.2 Å². The number of hydroxylamine groups is 1. The maximum atomic E-state index is 13.3. The molecule has 0 saturated carbocycles. The topological polar surface area (TPSA) is 163 Å². The minimum atomic E-state index is -3.71. The highest BCUT2D eigenvalue weighted by Crippen LogP contribution is 2.23. The number of amidine groups is 1. The minimum Gasteiger partial charge on any atom is -0.363 e. The van der Waals surface area contributed by atoms with Crippen LogP contribution in [0.3, 0.4) is 0 Å². The first-order valence-corrected chi connectivity index (χ1v) is 9.46. The summed E-state index contributed by atoms with van der Waals surface area (Å²) in [5.41, 5.74) is 2.22. The van der Waals surface area contributed by atoms with Crippen LogP contribution in [0.15, 0.2) is 32.3 Å². The third kappa shape index (κ3) is 6.19. The molecule has 0 atom stereocenters. The van der Waals surface area contributed by atoms with Gasteiger partial charge in [-0.25, -0.2) is 18.7 Å². The van der Waals surface area contributed by atoms with E-state index in [0.717, 1.165) is 0 Å². The molecule has 1 heterocycles. The second-order valence-corrected chi connectivity index (χ2v) is 7.13. The smallest absolute Gasteiger partial charge is 0.298 e. The molecule has 0 spiro atoms. The molecule has 27 heavy (non-hydrogen) atoms. The Hall–Kier alpha value is -2.17. The SMILES string of the molecule is CNS(=O)(=O)NOCCNc1nonc1C(=Nc1ccc(F)c(Br)c1)NO. The van der Waals surface area contributed by atoms with E-state index in [9.17, 15) is 18.0 Å². The number of anilines is 1. The molecule has 148 valence electrons. The van der Waals surface area contributed by atoms with E-state index in [-0.39, 0.29) is 35.0 Å². The van der Waals surface area contributed by atoms with Crippen molar-refractivity contribution >= 4 is 43.5 Å². The van der Waals surface area contributed by atoms with Crippen LogP contribution in [-0.2, 0) is 15.0 Å². The number of nitrogens with one attached hydrogen (secondary N) is 4. The van der Waals surface area contributed by atoms with Gasteiger partial charge in [-0.2, -0.15) is 8.42 Å². The van der Waals surface area contributed by atoms with Crippen molar-refractivity contribution in [2.45, 2.75) is 0 Å². The fraction of sp³-hybridized carbons (Fsp3) is 0.250. The van der Waals surface area contributed by atoms with E-state index in [0.29, 0.717) is 5.69 Å². The zero-order valence-electron chi connectivity index (χ0n) is 13.7. The van der Waals surface area contributed by atoms with Crippen molar-refractivity contribution in [3.05, 3.63) is 34.2 Å². The van der Waals surface area contributed by atoms with Gasteiger partial charge in [-0.15, -0.1) is 0 Å². The minimum absolute atomic E-state index is 0.0359. The molecule has 0 amide bonds. The van der Waals surface area contributed by atoms with E-state index in [1.807, 2.05) is 15.1 Å². The zero-order chi connectivity index (χ0) is 19.9. The molecule has 0 unspecified atom stereocenters. The standard InChI is InChI=1S/C12H15BrFN7O5S/c1-15-27(23,24)21-25-5-4-16-11-10(19-26-20-11)12(18-22)17-7-2-3-9(14)8(13)6-7/h2-3,6,15,21-22H,4-5H2,1H3,(H,16,20)(H,17,18). The second kappa shape index (κ2) is 9.67. The van der Waals surface area contributed by atoms with Gasteiger partial charge in [-0.1, -0.05) is 4.89 Å². The van der Waals surface area contributed by atoms with Gasteiger partial charge in [0.25, 0.3) is 10.2 Å². The van der Waals surface area contributed by atoms with Crippen molar-refractivity contribution < 1.29 is 27.5 Å². The van der Waals surface area contributed by atoms with Gasteiger partial charge in [0.15, 0.2) is 11.5 Å². The number of nitrogens with zero attached hydrogens (tertiary/aromatic N) is 3. The van der Waals surface area contributed by atoms with Crippen LogP contribution in [0.4, 0.5) is 15.9 Å². The zero-order valence-corrected chi connectivity index (χ0v) is 16.1. The molecule has 0 bridgehead atoms. The van der Waals surface area contributed by atoms with Gasteiger partial charge in [-0.05, 0) is 44.4 Å². The first kappa shape index (κ1) is 21.1. The lowest BCUT2D eigenvalue weighted by Gasteiger charge is -2.07. The molecular formula is C12H15BrFN7O5S. The molecule has 5 N–H and O–H groups in total. The highest BCUT2D eigenvalue weighted by Gasteiger charge is 2.16. The van der Waals surface area contributed by atoms with Gasteiger partial charge < -0.3 is 5.32 Å². The summed E-state index contributed by atoms with van der Waals surface area (Å²) in [6, 6.07) is 3.98. The Balaban J connectivity index is 2.03. The number of halogens is 2. The van der Waals surface area contributed by atoms with E-state index >= 15 is 0 Å². The summed E-state index contributed by atoms with van der Waals surface area (Å²) in [7, 11) is -2.49. The van der Waals surface area contributed by atoms with Gasteiger partial charge in [-0.3, -0.25) is 15.5 Å². The predicted molar refractivity (Wildman–Crippen MR) is 95.1 cm³/mol. The summed E-state index contributed by atoms with van der Waals surface area (Å²) in [5.74, 6) is -0.475. The maximum Gasteiger partial charge on any atom is 0.298 e. The van der Waals surface area contributed by atoms with Crippen molar-refractivity contribution in [3.8, 4) is 0 Å². The number of aromatic nitrogens is 2. The van der Waals surface area contributed by atoms with Crippen molar-refractivity contribution in [1.82, 2.24) is 25.4 Å². The monoisotopic (exact) mass is 467 g/mol. The summed E-state index contributed by atoms with van der Waals surface area (Å²) >= 11 is 3.04. The van der Waals surface area contributed by atoms with Crippen molar-refractivity contribution in [2.75, 3.05) is 25.5 Å². The summed E-state index contributed by atoms with van der Waals surface area (Å²) in [5, 5.41) is 19.3. The quantitative estimate of drug-likeness (QED) is 0.152. The fourth-order valence-corrected chi connectivity index (χ4v) is 2.34. The fourth-order valence-electron chi connectivity index (χ4n) is 1.66. The predicted octanol–water partition coefficient (Wildman–Crippen LogP) is 0.426. The summed E-state index contributed by atoms with van der Waals surface area (Å²) in [6.45, 7) is 0.0609. The van der Waals surface area contributed by atoms with Gasteiger partial charge >= 0.3 is 0 Å². The highest BCUT2D eigenvalue weighted by atomic mass is 79.9. The van der Waals surface area contributed by atoms with E-state index in [4.69, 9.17) is 4.84 Å². The molecular weight excluding hydrogens is 453 g/mol. The van der Waals surface area contributed by atoms with Gasteiger partial charge in [0.1, 0.15) is 5.82 Å². The Morgan fingerprint density at radius 1 is 1.44 bits per heavy atom. The summed E-state index contributed by atoms with van der Waals surface area (Å²) < 4.78 is 42.3. The molecule has 2 rings (SSSR count). The molecule has 0 radical (unpaired) electrons. The number of rotatable bonds is 9. The first-order valence-electron chi connectivity index (χ1n) is 7.19. The molecule has 2 aromatic rings. The number of benzene rings is 1. The van der Waals surface area contributed by atoms with Gasteiger partial charge in [0.05, 0.1) is 16.8 Å². The lowest BCUT2D eigenvalue weighted by Crippen LogP contribution is -2.35. The molecule has 0 aliphatic rings. The molecule has 0 fully saturated rings. The van der Waals surface area contributed by atoms with Crippen LogP contribution in [0.2, 0.25) is 0 Å². The number of hydrogen-bond acceptors (Lipinski definition) is 9. The molecule has 1 aromatic heterocycles. The Morgan fingerprint density at radius 3 is 2.89 bits per heavy atom. The van der Waals surface area contributed by atoms with Crippen molar-refractivity contribution in [2.24, 2.45) is 4.99 Å². The molecule has 12 nitrogen and oxygen atoms in total. The van der Waals surface area contributed by atoms with Crippen LogP contribution in [0.1, 0.15) is 5.69 Å². The molecule has 0 aliphatic heterocycles. The first-order chi connectivity index (χ1) is 12.9. The summed E-state index contributed by atoms with van der Waals surface area (Å²) in [4.78, 5) is 10.7. The van der Waals surface area contributed by atoms with Crippen LogP contribution in [-0.4, -0.2) is 50.0 Å².